The minimum absolute atomic E-state index is 0.0972. The summed E-state index contributed by atoms with van der Waals surface area (Å²) in [6, 6.07) is 15.4. The van der Waals surface area contributed by atoms with Crippen molar-refractivity contribution in [3.8, 4) is 10.6 Å². The molecule has 0 aliphatic carbocycles. The molecule has 0 bridgehead atoms. The van der Waals surface area contributed by atoms with E-state index in [0.29, 0.717) is 17.8 Å². The van der Waals surface area contributed by atoms with E-state index in [-0.39, 0.29) is 12.3 Å². The molecule has 0 aliphatic rings. The van der Waals surface area contributed by atoms with E-state index in [1.807, 2.05) is 53.9 Å². The summed E-state index contributed by atoms with van der Waals surface area (Å²) < 4.78 is 5.24. The highest BCUT2D eigenvalue weighted by Gasteiger charge is 2.13. The van der Waals surface area contributed by atoms with E-state index in [9.17, 15) is 4.79 Å². The summed E-state index contributed by atoms with van der Waals surface area (Å²) in [5.74, 6) is -0.0972. The summed E-state index contributed by atoms with van der Waals surface area (Å²) in [5, 5.41) is 9.84. The van der Waals surface area contributed by atoms with Crippen molar-refractivity contribution in [2.24, 2.45) is 0 Å². The number of hydrogen-bond acceptors (Lipinski definition) is 5. The quantitative estimate of drug-likeness (QED) is 0.595. The maximum atomic E-state index is 12.3. The second kappa shape index (κ2) is 6.86. The molecule has 1 aromatic carbocycles. The molecule has 0 aliphatic heterocycles. The van der Waals surface area contributed by atoms with E-state index in [2.05, 4.69) is 15.5 Å². The third-order valence-electron chi connectivity index (χ3n) is 3.90. The van der Waals surface area contributed by atoms with Crippen LogP contribution in [0.25, 0.3) is 21.5 Å². The lowest BCUT2D eigenvalue weighted by molar-refractivity contribution is -0.120. The molecular formula is C19H15N3O2S. The van der Waals surface area contributed by atoms with Crippen molar-refractivity contribution in [2.75, 3.05) is 0 Å². The average Bonchev–Trinajstić information content (AvgIpc) is 3.31. The van der Waals surface area contributed by atoms with Crippen molar-refractivity contribution in [1.82, 2.24) is 15.5 Å². The fraction of sp³-hybridized carbons (Fsp3) is 0.105. The largest absolute Gasteiger partial charge is 0.356 e. The van der Waals surface area contributed by atoms with Gasteiger partial charge in [0.1, 0.15) is 5.69 Å². The lowest BCUT2D eigenvalue weighted by Gasteiger charge is -2.08. The zero-order valence-corrected chi connectivity index (χ0v) is 14.1. The summed E-state index contributed by atoms with van der Waals surface area (Å²) in [4.78, 5) is 17.9. The molecule has 0 fully saturated rings. The first-order chi connectivity index (χ1) is 12.3. The summed E-state index contributed by atoms with van der Waals surface area (Å²) in [5.41, 5.74) is 3.24. The molecule has 0 radical (unpaired) electrons. The van der Waals surface area contributed by atoms with Crippen molar-refractivity contribution < 1.29 is 9.32 Å². The van der Waals surface area contributed by atoms with Crippen molar-refractivity contribution in [3.63, 3.8) is 0 Å². The van der Waals surface area contributed by atoms with Crippen LogP contribution in [0.15, 0.2) is 64.6 Å². The topological polar surface area (TPSA) is 68.0 Å². The van der Waals surface area contributed by atoms with Gasteiger partial charge in [0.05, 0.1) is 17.0 Å². The number of benzene rings is 1. The number of amides is 1. The standard InChI is InChI=1S/C19H15N3O2S/c23-18(11-15-14-6-1-2-7-16(14)24-22-15)21-12-13-5-3-9-20-19(13)17-8-4-10-25-17/h1-10H,11-12H2,(H,21,23). The Morgan fingerprint density at radius 3 is 2.92 bits per heavy atom. The predicted molar refractivity (Wildman–Crippen MR) is 97.1 cm³/mol. The Morgan fingerprint density at radius 2 is 2.04 bits per heavy atom. The summed E-state index contributed by atoms with van der Waals surface area (Å²) in [6.07, 6.45) is 1.95. The number of aromatic nitrogens is 2. The molecule has 0 saturated heterocycles. The fourth-order valence-electron chi connectivity index (χ4n) is 2.69. The molecule has 0 unspecified atom stereocenters. The highest BCUT2D eigenvalue weighted by molar-refractivity contribution is 7.13. The van der Waals surface area contributed by atoms with Gasteiger partial charge < -0.3 is 9.84 Å². The number of nitrogens with one attached hydrogen (secondary N) is 1. The Kier molecular flexibility index (Phi) is 4.26. The van der Waals surface area contributed by atoms with Crippen LogP contribution in [0.5, 0.6) is 0 Å². The van der Waals surface area contributed by atoms with Gasteiger partial charge in [-0.05, 0) is 35.2 Å². The van der Waals surface area contributed by atoms with E-state index >= 15 is 0 Å². The summed E-state index contributed by atoms with van der Waals surface area (Å²) in [6.45, 7) is 0.426. The maximum absolute atomic E-state index is 12.3. The normalized spacial score (nSPS) is 10.9. The van der Waals surface area contributed by atoms with Crippen LogP contribution >= 0.6 is 11.3 Å². The van der Waals surface area contributed by atoms with Gasteiger partial charge in [0, 0.05) is 18.1 Å². The van der Waals surface area contributed by atoms with Gasteiger partial charge in [0.25, 0.3) is 0 Å². The molecule has 1 amide bonds. The minimum atomic E-state index is -0.0972. The van der Waals surface area contributed by atoms with Crippen LogP contribution in [0.1, 0.15) is 11.3 Å². The first-order valence-electron chi connectivity index (χ1n) is 7.89. The van der Waals surface area contributed by atoms with Gasteiger partial charge in [-0.2, -0.15) is 0 Å². The molecule has 3 heterocycles. The summed E-state index contributed by atoms with van der Waals surface area (Å²) in [7, 11) is 0. The molecule has 1 N–H and O–H groups in total. The van der Waals surface area contributed by atoms with Crippen LogP contribution in [-0.4, -0.2) is 16.0 Å². The monoisotopic (exact) mass is 349 g/mol. The maximum Gasteiger partial charge on any atom is 0.226 e. The fourth-order valence-corrected chi connectivity index (χ4v) is 3.45. The molecule has 4 aromatic rings. The molecule has 4 rings (SSSR count). The number of para-hydroxylation sites is 1. The average molecular weight is 349 g/mol. The Bertz CT molecular complexity index is 1010. The number of rotatable bonds is 5. The van der Waals surface area contributed by atoms with E-state index in [0.717, 1.165) is 21.5 Å². The highest BCUT2D eigenvalue weighted by Crippen LogP contribution is 2.25. The lowest BCUT2D eigenvalue weighted by Crippen LogP contribution is -2.25. The SMILES string of the molecule is O=C(Cc1noc2ccccc12)NCc1cccnc1-c1cccs1. The van der Waals surface area contributed by atoms with Crippen molar-refractivity contribution in [3.05, 3.63) is 71.4 Å². The van der Waals surface area contributed by atoms with Crippen LogP contribution in [-0.2, 0) is 17.8 Å². The van der Waals surface area contributed by atoms with Gasteiger partial charge in [0.15, 0.2) is 5.58 Å². The third kappa shape index (κ3) is 3.29. The van der Waals surface area contributed by atoms with E-state index in [4.69, 9.17) is 4.52 Å². The molecular weight excluding hydrogens is 334 g/mol. The smallest absolute Gasteiger partial charge is 0.226 e. The second-order valence-corrected chi connectivity index (χ2v) is 6.52. The second-order valence-electron chi connectivity index (χ2n) is 5.57. The van der Waals surface area contributed by atoms with Crippen molar-refractivity contribution >= 4 is 28.2 Å². The van der Waals surface area contributed by atoms with Gasteiger partial charge in [-0.1, -0.05) is 29.4 Å². The van der Waals surface area contributed by atoms with Crippen LogP contribution < -0.4 is 5.32 Å². The number of nitrogens with zero attached hydrogens (tertiary/aromatic N) is 2. The molecule has 25 heavy (non-hydrogen) atoms. The Balaban J connectivity index is 1.46. The molecule has 3 aromatic heterocycles. The van der Waals surface area contributed by atoms with Gasteiger partial charge in [-0.25, -0.2) is 0 Å². The van der Waals surface area contributed by atoms with Crippen LogP contribution in [0.2, 0.25) is 0 Å². The van der Waals surface area contributed by atoms with Gasteiger partial charge >= 0.3 is 0 Å². The van der Waals surface area contributed by atoms with E-state index in [1.165, 1.54) is 0 Å². The number of hydrogen-bond donors (Lipinski definition) is 1. The van der Waals surface area contributed by atoms with Gasteiger partial charge in [-0.3, -0.25) is 9.78 Å². The highest BCUT2D eigenvalue weighted by atomic mass is 32.1. The molecule has 5 nitrogen and oxygen atoms in total. The molecule has 0 spiro atoms. The Morgan fingerprint density at radius 1 is 1.12 bits per heavy atom. The molecule has 124 valence electrons. The third-order valence-corrected chi connectivity index (χ3v) is 4.78. The minimum Gasteiger partial charge on any atom is -0.356 e. The van der Waals surface area contributed by atoms with Gasteiger partial charge in [-0.15, -0.1) is 11.3 Å². The number of fused-ring (bicyclic) bond motifs is 1. The van der Waals surface area contributed by atoms with Crippen LogP contribution in [0.3, 0.4) is 0 Å². The van der Waals surface area contributed by atoms with Crippen LogP contribution in [0, 0.1) is 0 Å². The van der Waals surface area contributed by atoms with Crippen molar-refractivity contribution in [1.29, 1.82) is 0 Å². The number of carbonyl (C=O) groups is 1. The molecule has 0 atom stereocenters. The Labute approximate surface area is 148 Å². The van der Waals surface area contributed by atoms with E-state index in [1.54, 1.807) is 17.5 Å². The predicted octanol–water partition coefficient (Wildman–Crippen LogP) is 3.81. The zero-order valence-electron chi connectivity index (χ0n) is 13.3. The molecule has 6 heteroatoms. The van der Waals surface area contributed by atoms with E-state index < -0.39 is 0 Å². The first-order valence-corrected chi connectivity index (χ1v) is 8.77. The summed E-state index contributed by atoms with van der Waals surface area (Å²) >= 11 is 1.63. The van der Waals surface area contributed by atoms with Gasteiger partial charge in [0.2, 0.25) is 5.91 Å². The number of pyridine rings is 1. The lowest BCUT2D eigenvalue weighted by atomic mass is 10.1. The Hall–Kier alpha value is -2.99. The first kappa shape index (κ1) is 15.5. The zero-order chi connectivity index (χ0) is 17.1. The number of carbonyl (C=O) groups excluding carboxylic acids is 1. The molecule has 0 saturated carbocycles. The van der Waals surface area contributed by atoms with Crippen LogP contribution in [0.4, 0.5) is 0 Å². The number of thiophene rings is 1. The van der Waals surface area contributed by atoms with Crippen molar-refractivity contribution in [2.45, 2.75) is 13.0 Å².